The van der Waals surface area contributed by atoms with Crippen LogP contribution in [0.1, 0.15) is 16.7 Å². The van der Waals surface area contributed by atoms with Gasteiger partial charge in [0, 0.05) is 11.0 Å². The lowest BCUT2D eigenvalue weighted by Gasteiger charge is -2.18. The number of anilines is 2. The number of ether oxygens (including phenoxy) is 2. The summed E-state index contributed by atoms with van der Waals surface area (Å²) in [7, 11) is 3.11. The number of carbonyl (C=O) groups excluding carboxylic acids is 2. The molecule has 0 saturated carbocycles. The van der Waals surface area contributed by atoms with Crippen LogP contribution >= 0.6 is 11.8 Å². The van der Waals surface area contributed by atoms with Gasteiger partial charge in [-0.05, 0) is 56.7 Å². The maximum absolute atomic E-state index is 13.6. The molecular weight excluding hydrogens is 448 g/mol. The third-order valence-corrected chi connectivity index (χ3v) is 6.63. The number of carbonyl (C=O) groups is 2. The summed E-state index contributed by atoms with van der Waals surface area (Å²) in [5.41, 5.74) is 4.36. The van der Waals surface area contributed by atoms with Crippen molar-refractivity contribution < 1.29 is 19.1 Å². The molecule has 7 heteroatoms. The number of hydrogen-bond acceptors (Lipinski definition) is 6. The van der Waals surface area contributed by atoms with E-state index in [1.807, 2.05) is 63.2 Å². The summed E-state index contributed by atoms with van der Waals surface area (Å²) in [5.74, 6) is 0.343. The molecule has 1 aliphatic rings. The molecule has 0 aromatic heterocycles. The Labute approximate surface area is 203 Å². The fraction of sp³-hybridized carbons (Fsp3) is 0.185. The smallest absolute Gasteiger partial charge is 0.283 e. The Hall–Kier alpha value is -3.71. The molecule has 3 aromatic rings. The maximum Gasteiger partial charge on any atom is 0.283 e. The highest BCUT2D eigenvalue weighted by atomic mass is 32.2. The average molecular weight is 475 g/mol. The van der Waals surface area contributed by atoms with Crippen molar-refractivity contribution in [3.05, 3.63) is 88.0 Å². The fourth-order valence-corrected chi connectivity index (χ4v) is 4.68. The van der Waals surface area contributed by atoms with Crippen LogP contribution in [-0.2, 0) is 9.59 Å². The predicted octanol–water partition coefficient (Wildman–Crippen LogP) is 5.62. The largest absolute Gasteiger partial charge is 0.497 e. The van der Waals surface area contributed by atoms with Gasteiger partial charge in [0.15, 0.2) is 0 Å². The van der Waals surface area contributed by atoms with Gasteiger partial charge in [-0.3, -0.25) is 9.59 Å². The van der Waals surface area contributed by atoms with Crippen molar-refractivity contribution in [1.82, 2.24) is 0 Å². The summed E-state index contributed by atoms with van der Waals surface area (Å²) in [6, 6.07) is 18.7. The Morgan fingerprint density at radius 2 is 1.50 bits per heavy atom. The highest BCUT2D eigenvalue weighted by Crippen LogP contribution is 2.40. The van der Waals surface area contributed by atoms with Crippen LogP contribution in [0.5, 0.6) is 11.5 Å². The van der Waals surface area contributed by atoms with Gasteiger partial charge in [-0.2, -0.15) is 0 Å². The first-order chi connectivity index (χ1) is 16.3. The van der Waals surface area contributed by atoms with Gasteiger partial charge in [-0.1, -0.05) is 47.2 Å². The monoisotopic (exact) mass is 474 g/mol. The molecule has 3 aromatic carbocycles. The van der Waals surface area contributed by atoms with E-state index >= 15 is 0 Å². The molecule has 0 saturated heterocycles. The first kappa shape index (κ1) is 23.4. The van der Waals surface area contributed by atoms with Crippen molar-refractivity contribution in [3.63, 3.8) is 0 Å². The highest BCUT2D eigenvalue weighted by molar-refractivity contribution is 8.04. The van der Waals surface area contributed by atoms with Crippen LogP contribution < -0.4 is 19.7 Å². The van der Waals surface area contributed by atoms with E-state index in [0.29, 0.717) is 27.8 Å². The maximum atomic E-state index is 13.6. The Morgan fingerprint density at radius 3 is 2.15 bits per heavy atom. The molecule has 4 rings (SSSR count). The molecule has 1 heterocycles. The van der Waals surface area contributed by atoms with E-state index < -0.39 is 5.91 Å². The second kappa shape index (κ2) is 9.65. The van der Waals surface area contributed by atoms with Gasteiger partial charge in [0.1, 0.15) is 22.1 Å². The fourth-order valence-electron chi connectivity index (χ4n) is 3.75. The van der Waals surface area contributed by atoms with Gasteiger partial charge in [0.2, 0.25) is 0 Å². The molecule has 0 spiro atoms. The molecule has 0 fully saturated rings. The Bertz CT molecular complexity index is 1300. The van der Waals surface area contributed by atoms with Crippen LogP contribution in [-0.4, -0.2) is 26.0 Å². The third-order valence-electron chi connectivity index (χ3n) is 5.54. The summed E-state index contributed by atoms with van der Waals surface area (Å²) < 4.78 is 10.8. The molecule has 0 unspecified atom stereocenters. The van der Waals surface area contributed by atoms with Crippen molar-refractivity contribution in [2.45, 2.75) is 25.7 Å². The van der Waals surface area contributed by atoms with Gasteiger partial charge in [-0.25, -0.2) is 4.90 Å². The number of thioether (sulfide) groups is 1. The van der Waals surface area contributed by atoms with E-state index in [9.17, 15) is 9.59 Å². The van der Waals surface area contributed by atoms with E-state index in [2.05, 4.69) is 5.32 Å². The zero-order valence-electron chi connectivity index (χ0n) is 19.8. The SMILES string of the molecule is COc1ccc(NC2=C(Sc3ccc(C)cc3)C(=O)N(c3ccc(C)cc3C)C2=O)c(OC)c1. The number of benzene rings is 3. The van der Waals surface area contributed by atoms with Crippen molar-refractivity contribution in [3.8, 4) is 11.5 Å². The van der Waals surface area contributed by atoms with Crippen LogP contribution in [0, 0.1) is 20.8 Å². The molecule has 1 N–H and O–H groups in total. The molecule has 0 radical (unpaired) electrons. The third kappa shape index (κ3) is 4.52. The molecule has 1 aliphatic heterocycles. The topological polar surface area (TPSA) is 67.9 Å². The lowest BCUT2D eigenvalue weighted by atomic mass is 10.1. The molecule has 0 bridgehead atoms. The quantitative estimate of drug-likeness (QED) is 0.449. The first-order valence-electron chi connectivity index (χ1n) is 10.8. The molecule has 0 aliphatic carbocycles. The molecule has 34 heavy (non-hydrogen) atoms. The summed E-state index contributed by atoms with van der Waals surface area (Å²) in [4.78, 5) is 29.7. The molecule has 2 amide bonds. The zero-order valence-corrected chi connectivity index (χ0v) is 20.6. The van der Waals surface area contributed by atoms with Crippen molar-refractivity contribution >= 4 is 35.0 Å². The van der Waals surface area contributed by atoms with Crippen molar-refractivity contribution in [2.75, 3.05) is 24.4 Å². The van der Waals surface area contributed by atoms with Gasteiger partial charge in [0.05, 0.1) is 25.6 Å². The number of nitrogens with zero attached hydrogens (tertiary/aromatic N) is 1. The van der Waals surface area contributed by atoms with Gasteiger partial charge < -0.3 is 14.8 Å². The number of aryl methyl sites for hydroxylation is 3. The van der Waals surface area contributed by atoms with Gasteiger partial charge in [-0.15, -0.1) is 0 Å². The molecule has 6 nitrogen and oxygen atoms in total. The summed E-state index contributed by atoms with van der Waals surface area (Å²) in [6.45, 7) is 5.88. The normalized spacial score (nSPS) is 13.5. The molecular formula is C27H26N2O4S. The van der Waals surface area contributed by atoms with E-state index in [1.165, 1.54) is 16.7 Å². The molecule has 0 atom stereocenters. The summed E-state index contributed by atoms with van der Waals surface area (Å²) in [6.07, 6.45) is 0. The van der Waals surface area contributed by atoms with E-state index in [4.69, 9.17) is 9.47 Å². The molecule has 174 valence electrons. The summed E-state index contributed by atoms with van der Waals surface area (Å²) >= 11 is 1.27. The number of imide groups is 1. The van der Waals surface area contributed by atoms with Crippen molar-refractivity contribution in [2.24, 2.45) is 0 Å². The Balaban J connectivity index is 1.78. The Morgan fingerprint density at radius 1 is 0.794 bits per heavy atom. The predicted molar refractivity (Wildman–Crippen MR) is 136 cm³/mol. The Kier molecular flexibility index (Phi) is 6.65. The number of rotatable bonds is 7. The van der Waals surface area contributed by atoms with Crippen LogP contribution in [0.15, 0.2) is 76.2 Å². The minimum atomic E-state index is -0.413. The van der Waals surface area contributed by atoms with Gasteiger partial charge in [0.25, 0.3) is 11.8 Å². The lowest BCUT2D eigenvalue weighted by molar-refractivity contribution is -0.120. The average Bonchev–Trinajstić information content (AvgIpc) is 3.05. The van der Waals surface area contributed by atoms with Crippen LogP contribution in [0.2, 0.25) is 0 Å². The first-order valence-corrected chi connectivity index (χ1v) is 11.6. The standard InChI is InChI=1S/C27H26N2O4S/c1-16-6-10-20(11-7-16)34-25-24(28-21-12-9-19(32-4)15-23(21)33-5)26(30)29(27(25)31)22-13-8-17(2)14-18(22)3/h6-15,28H,1-5H3. The number of amides is 2. The van der Waals surface area contributed by atoms with E-state index in [1.54, 1.807) is 32.4 Å². The minimum absolute atomic E-state index is 0.207. The van der Waals surface area contributed by atoms with E-state index in [0.717, 1.165) is 21.6 Å². The van der Waals surface area contributed by atoms with Crippen LogP contribution in [0.3, 0.4) is 0 Å². The highest BCUT2D eigenvalue weighted by Gasteiger charge is 2.41. The number of hydrogen-bond donors (Lipinski definition) is 1. The summed E-state index contributed by atoms with van der Waals surface area (Å²) in [5, 5.41) is 3.17. The van der Waals surface area contributed by atoms with Crippen LogP contribution in [0.4, 0.5) is 11.4 Å². The number of nitrogens with one attached hydrogen (secondary N) is 1. The van der Waals surface area contributed by atoms with Crippen molar-refractivity contribution in [1.29, 1.82) is 0 Å². The van der Waals surface area contributed by atoms with E-state index in [-0.39, 0.29) is 11.6 Å². The zero-order chi connectivity index (χ0) is 24.4. The second-order valence-corrected chi connectivity index (χ2v) is 9.13. The van der Waals surface area contributed by atoms with Crippen LogP contribution in [0.25, 0.3) is 0 Å². The minimum Gasteiger partial charge on any atom is -0.497 e. The number of methoxy groups -OCH3 is 2. The second-order valence-electron chi connectivity index (χ2n) is 8.05. The lowest BCUT2D eigenvalue weighted by Crippen LogP contribution is -2.33. The van der Waals surface area contributed by atoms with Gasteiger partial charge >= 0.3 is 0 Å².